The monoisotopic (exact) mass is 264 g/mol. The van der Waals surface area contributed by atoms with Gasteiger partial charge in [-0.1, -0.05) is 0 Å². The highest BCUT2D eigenvalue weighted by Gasteiger charge is 2.10. The van der Waals surface area contributed by atoms with Crippen LogP contribution in [0, 0.1) is 18.6 Å². The predicted molar refractivity (Wildman–Crippen MR) is 68.2 cm³/mol. The van der Waals surface area contributed by atoms with Gasteiger partial charge in [-0.25, -0.2) is 8.78 Å². The van der Waals surface area contributed by atoms with Crippen LogP contribution in [-0.4, -0.2) is 12.0 Å². The number of nitrogens with one attached hydrogen (secondary N) is 1. The summed E-state index contributed by atoms with van der Waals surface area (Å²) >= 11 is 0. The van der Waals surface area contributed by atoms with Crippen LogP contribution in [0.25, 0.3) is 0 Å². The number of halogens is 2. The van der Waals surface area contributed by atoms with Gasteiger partial charge < -0.3 is 10.1 Å². The second kappa shape index (κ2) is 5.75. The maximum Gasteiger partial charge on any atom is 0.168 e. The molecule has 1 aromatic heterocycles. The number of rotatable bonds is 4. The SMILES string of the molecule is CNCc1cnc(C)cc1Oc1ccc(F)cc1F. The summed E-state index contributed by atoms with van der Waals surface area (Å²) in [4.78, 5) is 4.16. The summed E-state index contributed by atoms with van der Waals surface area (Å²) in [6.45, 7) is 2.36. The molecule has 0 amide bonds. The van der Waals surface area contributed by atoms with Gasteiger partial charge >= 0.3 is 0 Å². The fraction of sp³-hybridized carbons (Fsp3) is 0.214. The molecule has 5 heteroatoms. The van der Waals surface area contributed by atoms with E-state index < -0.39 is 11.6 Å². The van der Waals surface area contributed by atoms with E-state index in [4.69, 9.17) is 4.74 Å². The van der Waals surface area contributed by atoms with Crippen LogP contribution in [0.2, 0.25) is 0 Å². The van der Waals surface area contributed by atoms with Crippen molar-refractivity contribution in [3.63, 3.8) is 0 Å². The number of benzene rings is 1. The van der Waals surface area contributed by atoms with Crippen LogP contribution >= 0.6 is 0 Å². The van der Waals surface area contributed by atoms with Crippen LogP contribution < -0.4 is 10.1 Å². The second-order valence-corrected chi connectivity index (χ2v) is 4.14. The van der Waals surface area contributed by atoms with E-state index in [0.29, 0.717) is 12.3 Å². The molecule has 2 rings (SSSR count). The van der Waals surface area contributed by atoms with Gasteiger partial charge in [-0.15, -0.1) is 0 Å². The Labute approximate surface area is 110 Å². The molecule has 0 saturated carbocycles. The quantitative estimate of drug-likeness (QED) is 0.921. The van der Waals surface area contributed by atoms with Crippen LogP contribution in [0.15, 0.2) is 30.5 Å². The van der Waals surface area contributed by atoms with Crippen molar-refractivity contribution in [1.82, 2.24) is 10.3 Å². The summed E-state index contributed by atoms with van der Waals surface area (Å²) in [6.07, 6.45) is 1.67. The fourth-order valence-corrected chi connectivity index (χ4v) is 1.66. The zero-order valence-corrected chi connectivity index (χ0v) is 10.7. The zero-order chi connectivity index (χ0) is 13.8. The van der Waals surface area contributed by atoms with Gasteiger partial charge in [-0.2, -0.15) is 0 Å². The summed E-state index contributed by atoms with van der Waals surface area (Å²) in [5.74, 6) is -0.868. The Balaban J connectivity index is 2.33. The van der Waals surface area contributed by atoms with Gasteiger partial charge in [-0.05, 0) is 26.1 Å². The molecule has 100 valence electrons. The molecule has 0 bridgehead atoms. The summed E-state index contributed by atoms with van der Waals surface area (Å²) in [5, 5.41) is 2.98. The van der Waals surface area contributed by atoms with Crippen molar-refractivity contribution in [3.05, 3.63) is 53.4 Å². The maximum absolute atomic E-state index is 13.6. The van der Waals surface area contributed by atoms with Crippen molar-refractivity contribution in [3.8, 4) is 11.5 Å². The van der Waals surface area contributed by atoms with E-state index in [1.807, 2.05) is 6.92 Å². The molecule has 0 saturated heterocycles. The number of nitrogens with zero attached hydrogens (tertiary/aromatic N) is 1. The Morgan fingerprint density at radius 2 is 2.00 bits per heavy atom. The average Bonchev–Trinajstić information content (AvgIpc) is 2.36. The number of aromatic nitrogens is 1. The first-order valence-electron chi connectivity index (χ1n) is 5.83. The van der Waals surface area contributed by atoms with Gasteiger partial charge in [0.05, 0.1) is 0 Å². The second-order valence-electron chi connectivity index (χ2n) is 4.14. The first-order chi connectivity index (χ1) is 9.10. The van der Waals surface area contributed by atoms with E-state index in [2.05, 4.69) is 10.3 Å². The molecule has 1 aromatic carbocycles. The number of hydrogen-bond acceptors (Lipinski definition) is 3. The molecule has 3 nitrogen and oxygen atoms in total. The van der Waals surface area contributed by atoms with Crippen molar-refractivity contribution >= 4 is 0 Å². The fourth-order valence-electron chi connectivity index (χ4n) is 1.66. The van der Waals surface area contributed by atoms with Gasteiger partial charge in [-0.3, -0.25) is 4.98 Å². The Morgan fingerprint density at radius 1 is 1.21 bits per heavy atom. The van der Waals surface area contributed by atoms with E-state index in [1.165, 1.54) is 6.07 Å². The summed E-state index contributed by atoms with van der Waals surface area (Å²) in [6, 6.07) is 4.93. The molecule has 0 unspecified atom stereocenters. The Morgan fingerprint density at radius 3 is 2.68 bits per heavy atom. The van der Waals surface area contributed by atoms with Crippen molar-refractivity contribution in [1.29, 1.82) is 0 Å². The van der Waals surface area contributed by atoms with Gasteiger partial charge in [0.2, 0.25) is 0 Å². The molecular formula is C14H14F2N2O. The van der Waals surface area contributed by atoms with Crippen molar-refractivity contribution in [2.45, 2.75) is 13.5 Å². The van der Waals surface area contributed by atoms with Gasteiger partial charge in [0, 0.05) is 36.1 Å². The molecule has 0 aliphatic heterocycles. The lowest BCUT2D eigenvalue weighted by atomic mass is 10.2. The normalized spacial score (nSPS) is 10.5. The van der Waals surface area contributed by atoms with Crippen molar-refractivity contribution < 1.29 is 13.5 Å². The van der Waals surface area contributed by atoms with E-state index in [-0.39, 0.29) is 5.75 Å². The summed E-state index contributed by atoms with van der Waals surface area (Å²) in [5.41, 5.74) is 1.56. The molecule has 0 spiro atoms. The number of ether oxygens (including phenoxy) is 1. The molecule has 19 heavy (non-hydrogen) atoms. The molecule has 0 aliphatic rings. The van der Waals surface area contributed by atoms with Gasteiger partial charge in [0.15, 0.2) is 11.6 Å². The predicted octanol–water partition coefficient (Wildman–Crippen LogP) is 3.18. The lowest BCUT2D eigenvalue weighted by Crippen LogP contribution is -2.07. The number of pyridine rings is 1. The average molecular weight is 264 g/mol. The Kier molecular flexibility index (Phi) is 4.06. The lowest BCUT2D eigenvalue weighted by Gasteiger charge is -2.12. The highest BCUT2D eigenvalue weighted by atomic mass is 19.1. The Bertz CT molecular complexity index is 588. The first kappa shape index (κ1) is 13.4. The molecule has 1 N–H and O–H groups in total. The van der Waals surface area contributed by atoms with Crippen LogP contribution in [0.3, 0.4) is 0 Å². The number of aryl methyl sites for hydroxylation is 1. The van der Waals surface area contributed by atoms with Gasteiger partial charge in [0.25, 0.3) is 0 Å². The lowest BCUT2D eigenvalue weighted by molar-refractivity contribution is 0.431. The first-order valence-corrected chi connectivity index (χ1v) is 5.83. The van der Waals surface area contributed by atoms with Crippen LogP contribution in [-0.2, 0) is 6.54 Å². The van der Waals surface area contributed by atoms with Crippen molar-refractivity contribution in [2.24, 2.45) is 0 Å². The molecule has 0 aliphatic carbocycles. The van der Waals surface area contributed by atoms with Crippen LogP contribution in [0.5, 0.6) is 11.5 Å². The molecule has 1 heterocycles. The topological polar surface area (TPSA) is 34.2 Å². The van der Waals surface area contributed by atoms with E-state index in [0.717, 1.165) is 23.4 Å². The maximum atomic E-state index is 13.6. The third kappa shape index (κ3) is 3.26. The minimum absolute atomic E-state index is 0.00986. The van der Waals surface area contributed by atoms with E-state index >= 15 is 0 Å². The minimum Gasteiger partial charge on any atom is -0.454 e. The highest BCUT2D eigenvalue weighted by molar-refractivity contribution is 5.38. The Hall–Kier alpha value is -2.01. The largest absolute Gasteiger partial charge is 0.454 e. The van der Waals surface area contributed by atoms with Gasteiger partial charge in [0.1, 0.15) is 11.6 Å². The van der Waals surface area contributed by atoms with E-state index in [1.54, 1.807) is 19.3 Å². The standard InChI is InChI=1S/C14H14F2N2O/c1-9-5-14(10(7-17-2)8-18-9)19-13-4-3-11(15)6-12(13)16/h3-6,8,17H,7H2,1-2H3. The summed E-state index contributed by atoms with van der Waals surface area (Å²) in [7, 11) is 1.79. The minimum atomic E-state index is -0.732. The number of hydrogen-bond donors (Lipinski definition) is 1. The highest BCUT2D eigenvalue weighted by Crippen LogP contribution is 2.28. The van der Waals surface area contributed by atoms with Crippen LogP contribution in [0.1, 0.15) is 11.3 Å². The molecule has 0 atom stereocenters. The third-order valence-corrected chi connectivity index (χ3v) is 2.56. The smallest absolute Gasteiger partial charge is 0.168 e. The van der Waals surface area contributed by atoms with E-state index in [9.17, 15) is 8.78 Å². The molecular weight excluding hydrogens is 250 g/mol. The zero-order valence-electron chi connectivity index (χ0n) is 10.7. The van der Waals surface area contributed by atoms with Crippen molar-refractivity contribution in [2.75, 3.05) is 7.05 Å². The molecule has 0 radical (unpaired) electrons. The summed E-state index contributed by atoms with van der Waals surface area (Å²) < 4.78 is 31.9. The molecule has 2 aromatic rings. The third-order valence-electron chi connectivity index (χ3n) is 2.56. The molecule has 0 fully saturated rings. The van der Waals surface area contributed by atoms with Crippen LogP contribution in [0.4, 0.5) is 8.78 Å².